The number of nitrogens with zero attached hydrogens (tertiary/aromatic N) is 13. The van der Waals surface area contributed by atoms with Gasteiger partial charge in [-0.2, -0.15) is 0 Å². The molecule has 5 aromatic heterocycles. The molecule has 15 aromatic rings. The molecular weight excluding hydrogens is 1830 g/mol. The number of aromatic amines is 5. The SMILES string of the molecule is COc1cc(N)c2cc[nH]c2c1.COc1cc(N2CCN(Cc3ccccc3)CC2)c2cc[nH]c2c1.COc1cc(N2CCNCC2)c2cc[nH]c2c1.COc1cc([N+](=O)[O-])c(C)c([N+](=O)[O-])c1.Cc1c([N+](=O)[O-])cc(F)cc1[N+](=O)[O-].Cc1c([N+](=O)[O-])cc(F)cc1[N+](=O)[O-].Cc1ccc(F)cc1[N+](=O)[O-].[C-]#[N+]c1ccc2[nH]cc(C3CCC(N4CCN(c5cc(OC)cc6[nH]ccc56)CC4)CC3)c2c1. The predicted octanol–water partition coefficient (Wildman–Crippen LogP) is 20.7. The highest BCUT2D eigenvalue weighted by Crippen LogP contribution is 2.43. The smallest absolute Gasteiger partial charge is 0.282 e. The number of nitro groups is 7. The van der Waals surface area contributed by atoms with Crippen LogP contribution < -0.4 is 49.4 Å². The fraction of sp³-hybridized carbons (Fsp3) is 0.283. The molecule has 1 aliphatic carbocycles. The average molecular weight is 1940 g/mol. The molecule has 0 spiro atoms. The van der Waals surface area contributed by atoms with Crippen LogP contribution in [0.4, 0.5) is 81.4 Å². The Morgan fingerprint density at radius 2 is 0.752 bits per heavy atom. The maximum atomic E-state index is 12.7. The number of anilines is 4. The second-order valence-corrected chi connectivity index (χ2v) is 33.2. The van der Waals surface area contributed by atoms with E-state index in [1.165, 1.54) is 115 Å². The molecule has 0 radical (unpaired) electrons. The standard InChI is InChI=1S/C28H31N5O.C20H23N3O.C13H17N3O.C9H10N2O.C8H8N2O5.2C7H5FN2O4.C7H6FNO2/c1-29-20-5-8-26-24(15-20)25(18-31-26)19-3-6-21(7-4-19)32-11-13-33(14-12-32)28-17-22(34-2)16-27-23(28)9-10-30-27;1-24-17-13-19-18(7-8-21-19)20(14-17)23-11-9-22(10-12-23)15-16-5-3-2-4-6-16;1-17-10-8-12-11(2-3-15-12)13(9-10)16-6-4-14-5-7-16;1-12-6-4-8(10)7-2-3-11-9(7)5-6;1-5-7(9(11)12)3-6(15-2)4-8(5)10(13)14;2*1-4-6(9(11)12)2-5(8)3-7(4)10(13)14;1-5-2-3-6(8)4-7(5)9(10)11/h5,8-10,15-19,21,30-31H,3-4,6-7,11-14H2,2H3;2-8,13-14,21H,9-12,15H2,1H3;2-3,8-9,14-15H,4-7H2,1H3;2-5,11H,10H2,1H3;3-4H,1-2H3;2*2-3H,1H3;2-4H,1H3. The third-order valence-electron chi connectivity index (χ3n) is 24.8. The highest BCUT2D eigenvalue weighted by Gasteiger charge is 2.33. The molecule has 4 aliphatic rings. The van der Waals surface area contributed by atoms with Gasteiger partial charge in [0.1, 0.15) is 62.9 Å². The molecule has 3 aliphatic heterocycles. The van der Waals surface area contributed by atoms with E-state index in [0.717, 1.165) is 171 Å². The van der Waals surface area contributed by atoms with E-state index in [2.05, 4.69) is 151 Å². The highest BCUT2D eigenvalue weighted by atomic mass is 19.1. The van der Waals surface area contributed by atoms with Gasteiger partial charge in [0.05, 0.1) is 141 Å². The molecule has 8 heterocycles. The first kappa shape index (κ1) is 103. The molecule has 8 N–H and O–H groups in total. The molecule has 0 amide bonds. The van der Waals surface area contributed by atoms with Crippen LogP contribution in [-0.2, 0) is 6.54 Å². The van der Waals surface area contributed by atoms with E-state index >= 15 is 0 Å². The van der Waals surface area contributed by atoms with Crippen LogP contribution in [0.2, 0.25) is 0 Å². The first-order valence-corrected chi connectivity index (χ1v) is 44.6. The monoisotopic (exact) mass is 1930 g/mol. The largest absolute Gasteiger partial charge is 0.497 e. The molecule has 0 unspecified atom stereocenters. The molecule has 0 bridgehead atoms. The minimum atomic E-state index is -0.992. The first-order valence-electron chi connectivity index (χ1n) is 44.6. The fourth-order valence-electron chi connectivity index (χ4n) is 17.3. The summed E-state index contributed by atoms with van der Waals surface area (Å²) in [4.78, 5) is 100. The Morgan fingerprint density at radius 3 is 1.15 bits per heavy atom. The van der Waals surface area contributed by atoms with E-state index in [9.17, 15) is 84.0 Å². The number of piperazine rings is 3. The highest BCUT2D eigenvalue weighted by molar-refractivity contribution is 5.97. The summed E-state index contributed by atoms with van der Waals surface area (Å²) in [6, 6.07) is 50.6. The Morgan fingerprint density at radius 1 is 0.383 bits per heavy atom. The number of nitrogen functional groups attached to an aromatic ring is 1. The van der Waals surface area contributed by atoms with Gasteiger partial charge in [0, 0.05) is 226 Å². The third-order valence-corrected chi connectivity index (χ3v) is 24.8. The van der Waals surface area contributed by atoms with E-state index in [0.29, 0.717) is 41.8 Å². The number of rotatable bonds is 19. The number of aromatic nitrogens is 5. The van der Waals surface area contributed by atoms with Crippen molar-refractivity contribution < 1.29 is 71.3 Å². The Bertz CT molecular complexity index is 6850. The topological polar surface area (TPSA) is 486 Å². The van der Waals surface area contributed by atoms with Gasteiger partial charge >= 0.3 is 0 Å². The van der Waals surface area contributed by atoms with E-state index in [1.54, 1.807) is 35.4 Å². The van der Waals surface area contributed by atoms with Gasteiger partial charge in [-0.1, -0.05) is 36.4 Å². The minimum absolute atomic E-state index is 0.0193. The van der Waals surface area contributed by atoms with Crippen LogP contribution in [0.5, 0.6) is 28.7 Å². The third kappa shape index (κ3) is 25.9. The number of aryl methyl sites for hydroxylation is 1. The average Bonchev–Trinajstić information content (AvgIpc) is 1.79. The summed E-state index contributed by atoms with van der Waals surface area (Å²) in [5.74, 6) is 1.63. The van der Waals surface area contributed by atoms with Crippen LogP contribution in [0, 0.1) is 123 Å². The molecule has 736 valence electrons. The second-order valence-electron chi connectivity index (χ2n) is 33.2. The molecule has 4 fully saturated rings. The van der Waals surface area contributed by atoms with Crippen LogP contribution in [-0.4, -0.2) is 189 Å². The number of H-pyrrole nitrogens is 5. The summed E-state index contributed by atoms with van der Waals surface area (Å²) >= 11 is 0. The maximum absolute atomic E-state index is 12.7. The van der Waals surface area contributed by atoms with Gasteiger partial charge in [-0.15, -0.1) is 0 Å². The molecule has 3 saturated heterocycles. The van der Waals surface area contributed by atoms with Crippen molar-refractivity contribution in [3.05, 3.63) is 340 Å². The van der Waals surface area contributed by atoms with E-state index in [-0.39, 0.29) is 39.5 Å². The zero-order chi connectivity index (χ0) is 101. The van der Waals surface area contributed by atoms with E-state index in [1.807, 2.05) is 61.2 Å². The quantitative estimate of drug-likeness (QED) is 0.0171. The Kier molecular flexibility index (Phi) is 34.8. The fourth-order valence-corrected chi connectivity index (χ4v) is 17.3. The predicted molar refractivity (Wildman–Crippen MR) is 534 cm³/mol. The summed E-state index contributed by atoms with van der Waals surface area (Å²) < 4.78 is 64.0. The number of benzene rings is 10. The molecule has 42 heteroatoms. The van der Waals surface area contributed by atoms with Gasteiger partial charge in [-0.25, -0.2) is 18.0 Å². The number of halogens is 3. The lowest BCUT2D eigenvalue weighted by Crippen LogP contribution is -2.51. The van der Waals surface area contributed by atoms with Gasteiger partial charge in [0.2, 0.25) is 0 Å². The molecule has 19 rings (SSSR count). The van der Waals surface area contributed by atoms with E-state index in [4.69, 9.17) is 36.0 Å². The number of hydrogen-bond acceptors (Lipinski definition) is 26. The van der Waals surface area contributed by atoms with Crippen molar-refractivity contribution in [3.8, 4) is 28.7 Å². The van der Waals surface area contributed by atoms with Crippen molar-refractivity contribution in [2.24, 2.45) is 0 Å². The van der Waals surface area contributed by atoms with Crippen molar-refractivity contribution in [1.29, 1.82) is 0 Å². The number of nitrogens with two attached hydrogens (primary N) is 1. The van der Waals surface area contributed by atoms with Gasteiger partial charge in [0.25, 0.3) is 39.8 Å². The van der Waals surface area contributed by atoms with Crippen LogP contribution in [0.25, 0.3) is 59.4 Å². The number of ether oxygens (including phenoxy) is 5. The summed E-state index contributed by atoms with van der Waals surface area (Å²) in [7, 11) is 8.10. The number of nitrogens with one attached hydrogen (secondary N) is 6. The van der Waals surface area contributed by atoms with Gasteiger partial charge < -0.3 is 74.4 Å². The molecule has 1 saturated carbocycles. The number of hydrogen-bond donors (Lipinski definition) is 7. The number of nitro benzene ring substituents is 7. The molecule has 141 heavy (non-hydrogen) atoms. The van der Waals surface area contributed by atoms with Crippen molar-refractivity contribution >= 4 is 123 Å². The van der Waals surface area contributed by atoms with Crippen LogP contribution in [0.1, 0.15) is 65.0 Å². The maximum Gasteiger partial charge on any atom is 0.282 e. The molecular formula is C99H105F3N20O19. The zero-order valence-electron chi connectivity index (χ0n) is 78.6. The van der Waals surface area contributed by atoms with Crippen molar-refractivity contribution in [1.82, 2.24) is 40.0 Å². The van der Waals surface area contributed by atoms with Gasteiger partial charge in [-0.05, 0) is 124 Å². The van der Waals surface area contributed by atoms with Crippen LogP contribution in [0.15, 0.2) is 207 Å². The Labute approximate surface area is 805 Å². The molecule has 39 nitrogen and oxygen atoms in total. The Balaban J connectivity index is 0.000000149. The van der Waals surface area contributed by atoms with Crippen molar-refractivity contribution in [2.75, 3.05) is 135 Å². The summed E-state index contributed by atoms with van der Waals surface area (Å²) in [5.41, 5.74) is 16.4. The van der Waals surface area contributed by atoms with E-state index < -0.39 is 74.7 Å². The summed E-state index contributed by atoms with van der Waals surface area (Å²) in [5, 5.41) is 82.3. The lowest BCUT2D eigenvalue weighted by Gasteiger charge is -2.43. The zero-order valence-corrected chi connectivity index (χ0v) is 78.6. The van der Waals surface area contributed by atoms with Gasteiger partial charge in [0.15, 0.2) is 5.69 Å². The minimum Gasteiger partial charge on any atom is -0.497 e. The molecule has 0 atom stereocenters. The van der Waals surface area contributed by atoms with Crippen molar-refractivity contribution in [2.45, 2.75) is 71.9 Å². The first-order chi connectivity index (χ1) is 67.7. The Hall–Kier alpha value is -16.9. The van der Waals surface area contributed by atoms with Gasteiger partial charge in [-0.3, -0.25) is 80.6 Å². The summed E-state index contributed by atoms with van der Waals surface area (Å²) in [6.07, 6.45) is 15.0. The second kappa shape index (κ2) is 47.7. The van der Waals surface area contributed by atoms with Crippen LogP contribution >= 0.6 is 0 Å². The number of methoxy groups -OCH3 is 5. The summed E-state index contributed by atoms with van der Waals surface area (Å²) in [6.45, 7) is 26.4. The molecule has 10 aromatic carbocycles. The lowest BCUT2D eigenvalue weighted by molar-refractivity contribution is -0.395. The van der Waals surface area contributed by atoms with Crippen molar-refractivity contribution in [3.63, 3.8) is 0 Å². The lowest BCUT2D eigenvalue weighted by atomic mass is 9.81. The normalized spacial score (nSPS) is 14.5. The number of fused-ring (bicyclic) bond motifs is 5. The van der Waals surface area contributed by atoms with Crippen LogP contribution in [0.3, 0.4) is 0 Å².